The van der Waals surface area contributed by atoms with E-state index in [1.807, 2.05) is 0 Å². The molecule has 2 aliphatic rings. The Morgan fingerprint density at radius 3 is 2.75 bits per heavy atom. The highest BCUT2D eigenvalue weighted by Gasteiger charge is 2.55. The zero-order chi connectivity index (χ0) is 17.3. The summed E-state index contributed by atoms with van der Waals surface area (Å²) < 4.78 is 10.4. The summed E-state index contributed by atoms with van der Waals surface area (Å²) in [4.78, 5) is 39.5. The second-order valence-corrected chi connectivity index (χ2v) is 6.65. The van der Waals surface area contributed by atoms with Gasteiger partial charge in [0.05, 0.1) is 42.8 Å². The number of hydrogen-bond donors (Lipinski definition) is 2. The number of fused-ring (bicyclic) bond motifs is 2. The van der Waals surface area contributed by atoms with Crippen LogP contribution in [-0.4, -0.2) is 46.8 Å². The summed E-state index contributed by atoms with van der Waals surface area (Å²) >= 11 is 1.19. The van der Waals surface area contributed by atoms with Gasteiger partial charge in [0.1, 0.15) is 0 Å². The Morgan fingerprint density at radius 2 is 2.08 bits per heavy atom. The number of carbonyl (C=O) groups is 3. The highest BCUT2D eigenvalue weighted by atomic mass is 32.1. The summed E-state index contributed by atoms with van der Waals surface area (Å²) in [6, 6.07) is 0. The first-order valence-electron chi connectivity index (χ1n) is 7.78. The Hall–Kier alpha value is -2.00. The van der Waals surface area contributed by atoms with Crippen LogP contribution in [0, 0.1) is 11.8 Å². The fourth-order valence-corrected chi connectivity index (χ4v) is 4.03. The maximum atomic E-state index is 12.5. The number of amides is 1. The maximum Gasteiger partial charge on any atom is 0.311 e. The molecule has 2 fully saturated rings. The van der Waals surface area contributed by atoms with Gasteiger partial charge in [0, 0.05) is 5.38 Å². The van der Waals surface area contributed by atoms with E-state index in [0.29, 0.717) is 30.3 Å². The zero-order valence-corrected chi connectivity index (χ0v) is 13.9. The van der Waals surface area contributed by atoms with Crippen molar-refractivity contribution in [3.05, 3.63) is 11.1 Å². The van der Waals surface area contributed by atoms with E-state index >= 15 is 0 Å². The molecule has 3 heterocycles. The smallest absolute Gasteiger partial charge is 0.311 e. The summed E-state index contributed by atoms with van der Waals surface area (Å²) in [5.74, 6) is -3.31. The predicted molar refractivity (Wildman–Crippen MR) is 83.6 cm³/mol. The fraction of sp³-hybridized carbons (Fsp3) is 0.600. The number of thiazole rings is 1. The van der Waals surface area contributed by atoms with Gasteiger partial charge >= 0.3 is 11.9 Å². The lowest BCUT2D eigenvalue weighted by Crippen LogP contribution is -2.40. The topological polar surface area (TPSA) is 115 Å². The van der Waals surface area contributed by atoms with E-state index in [2.05, 4.69) is 10.3 Å². The van der Waals surface area contributed by atoms with Crippen LogP contribution in [0.1, 0.15) is 25.5 Å². The minimum Gasteiger partial charge on any atom is -0.481 e. The number of ether oxygens (including phenoxy) is 2. The van der Waals surface area contributed by atoms with Gasteiger partial charge in [-0.2, -0.15) is 0 Å². The van der Waals surface area contributed by atoms with E-state index in [9.17, 15) is 19.5 Å². The molecule has 2 N–H and O–H groups in total. The van der Waals surface area contributed by atoms with Crippen molar-refractivity contribution in [2.75, 3.05) is 11.9 Å². The number of aromatic nitrogens is 1. The molecule has 4 atom stereocenters. The van der Waals surface area contributed by atoms with Crippen molar-refractivity contribution in [1.29, 1.82) is 0 Å². The number of aliphatic carboxylic acids is 1. The van der Waals surface area contributed by atoms with Crippen LogP contribution < -0.4 is 5.32 Å². The molecule has 1 aromatic heterocycles. The molecule has 1 aromatic rings. The number of hydrogen-bond acceptors (Lipinski definition) is 7. The van der Waals surface area contributed by atoms with E-state index in [0.717, 1.165) is 0 Å². The molecule has 0 aliphatic carbocycles. The average molecular weight is 354 g/mol. The first kappa shape index (κ1) is 16.8. The highest BCUT2D eigenvalue weighted by molar-refractivity contribution is 7.13. The molecule has 2 saturated heterocycles. The molecule has 9 heteroatoms. The van der Waals surface area contributed by atoms with Crippen molar-refractivity contribution < 1.29 is 29.0 Å². The lowest BCUT2D eigenvalue weighted by molar-refractivity contribution is -0.147. The largest absolute Gasteiger partial charge is 0.481 e. The van der Waals surface area contributed by atoms with Crippen molar-refractivity contribution in [3.8, 4) is 0 Å². The van der Waals surface area contributed by atoms with Gasteiger partial charge in [-0.3, -0.25) is 14.4 Å². The van der Waals surface area contributed by atoms with Crippen LogP contribution in [0.5, 0.6) is 0 Å². The van der Waals surface area contributed by atoms with Gasteiger partial charge in [-0.25, -0.2) is 4.98 Å². The second kappa shape index (κ2) is 6.86. The Morgan fingerprint density at radius 1 is 1.38 bits per heavy atom. The molecule has 1 amide bonds. The summed E-state index contributed by atoms with van der Waals surface area (Å²) in [5, 5.41) is 14.0. The quantitative estimate of drug-likeness (QED) is 0.734. The van der Waals surface area contributed by atoms with Gasteiger partial charge in [0.25, 0.3) is 0 Å². The van der Waals surface area contributed by atoms with Crippen LogP contribution in [0.15, 0.2) is 5.38 Å². The number of nitrogens with zero attached hydrogens (tertiary/aromatic N) is 1. The van der Waals surface area contributed by atoms with Gasteiger partial charge in [-0.05, 0) is 19.8 Å². The van der Waals surface area contributed by atoms with Gasteiger partial charge in [-0.15, -0.1) is 11.3 Å². The normalized spacial score (nSPS) is 27.9. The summed E-state index contributed by atoms with van der Waals surface area (Å²) in [6.07, 6.45) is 0.661. The third-order valence-corrected chi connectivity index (χ3v) is 5.08. The van der Waals surface area contributed by atoms with Crippen LogP contribution in [-0.2, 0) is 30.3 Å². The Labute approximate surface area is 142 Å². The molecule has 8 nitrogen and oxygen atoms in total. The molecule has 3 rings (SSSR count). The summed E-state index contributed by atoms with van der Waals surface area (Å²) in [6.45, 7) is 2.02. The molecule has 0 aromatic carbocycles. The molecule has 2 bridgehead atoms. The number of carbonyl (C=O) groups excluding carboxylic acids is 2. The number of anilines is 1. The number of rotatable bonds is 6. The molecule has 24 heavy (non-hydrogen) atoms. The van der Waals surface area contributed by atoms with Gasteiger partial charge < -0.3 is 19.9 Å². The highest BCUT2D eigenvalue weighted by Crippen LogP contribution is 2.44. The Bertz CT molecular complexity index is 660. The number of nitrogens with one attached hydrogen (secondary N) is 1. The summed E-state index contributed by atoms with van der Waals surface area (Å²) in [7, 11) is 0. The lowest BCUT2D eigenvalue weighted by Gasteiger charge is -2.23. The SMILES string of the molecule is CCOC(=O)Cc1csc(NC(=O)C2C(C(=O)O)[C@H]3CC[C@@H]2O3)n1. The second-order valence-electron chi connectivity index (χ2n) is 5.80. The first-order valence-corrected chi connectivity index (χ1v) is 8.66. The van der Waals surface area contributed by atoms with Crippen LogP contribution in [0.4, 0.5) is 5.13 Å². The van der Waals surface area contributed by atoms with Crippen LogP contribution in [0.25, 0.3) is 0 Å². The average Bonchev–Trinajstić information content (AvgIpc) is 3.22. The van der Waals surface area contributed by atoms with Crippen molar-refractivity contribution in [3.63, 3.8) is 0 Å². The van der Waals surface area contributed by atoms with E-state index in [-0.39, 0.29) is 24.6 Å². The summed E-state index contributed by atoms with van der Waals surface area (Å²) in [5.41, 5.74) is 0.507. The maximum absolute atomic E-state index is 12.5. The first-order chi connectivity index (χ1) is 11.5. The fourth-order valence-electron chi connectivity index (χ4n) is 3.32. The molecule has 130 valence electrons. The van der Waals surface area contributed by atoms with Crippen LogP contribution in [0.3, 0.4) is 0 Å². The van der Waals surface area contributed by atoms with E-state index < -0.39 is 23.7 Å². The molecule has 0 radical (unpaired) electrons. The van der Waals surface area contributed by atoms with Crippen molar-refractivity contribution >= 4 is 34.3 Å². The molecular weight excluding hydrogens is 336 g/mol. The minimum absolute atomic E-state index is 0.0369. The monoisotopic (exact) mass is 354 g/mol. The number of carboxylic acid groups (broad SMARTS) is 1. The van der Waals surface area contributed by atoms with E-state index in [1.54, 1.807) is 12.3 Å². The molecule has 2 unspecified atom stereocenters. The van der Waals surface area contributed by atoms with Crippen LogP contribution >= 0.6 is 11.3 Å². The Balaban J connectivity index is 1.64. The molecular formula is C15H18N2O6S. The van der Waals surface area contributed by atoms with Crippen molar-refractivity contribution in [2.24, 2.45) is 11.8 Å². The van der Waals surface area contributed by atoms with E-state index in [4.69, 9.17) is 9.47 Å². The minimum atomic E-state index is -1.01. The van der Waals surface area contributed by atoms with Gasteiger partial charge in [0.15, 0.2) is 5.13 Å². The van der Waals surface area contributed by atoms with Crippen LogP contribution in [0.2, 0.25) is 0 Å². The lowest BCUT2D eigenvalue weighted by atomic mass is 9.79. The predicted octanol–water partition coefficient (Wildman–Crippen LogP) is 1.07. The molecule has 0 saturated carbocycles. The standard InChI is InChI=1S/C15H18N2O6S/c1-2-22-10(18)5-7-6-24-15(16-7)17-13(19)11-8-3-4-9(23-8)12(11)14(20)21/h6,8-9,11-12H,2-5H2,1H3,(H,20,21)(H,16,17,19)/t8-,9+,11?,12?/m0/s1. The third-order valence-electron chi connectivity index (χ3n) is 4.27. The third kappa shape index (κ3) is 3.27. The van der Waals surface area contributed by atoms with E-state index in [1.165, 1.54) is 11.3 Å². The van der Waals surface area contributed by atoms with Gasteiger partial charge in [-0.1, -0.05) is 0 Å². The zero-order valence-electron chi connectivity index (χ0n) is 13.1. The van der Waals surface area contributed by atoms with Crippen molar-refractivity contribution in [2.45, 2.75) is 38.4 Å². The number of esters is 1. The Kier molecular flexibility index (Phi) is 4.81. The molecule has 0 spiro atoms. The number of carboxylic acids is 1. The van der Waals surface area contributed by atoms with Gasteiger partial charge in [0.2, 0.25) is 5.91 Å². The molecule has 2 aliphatic heterocycles. The van der Waals surface area contributed by atoms with Crippen molar-refractivity contribution in [1.82, 2.24) is 4.98 Å².